The molecule has 24 heavy (non-hydrogen) atoms. The highest BCUT2D eigenvalue weighted by Gasteiger charge is 2.26. The normalized spacial score (nSPS) is 17.3. The Morgan fingerprint density at radius 2 is 2.17 bits per heavy atom. The molecule has 5 heteroatoms. The Hall–Kier alpha value is -2.69. The minimum absolute atomic E-state index is 0.000831. The molecule has 124 valence electrons. The Balaban J connectivity index is 1.51. The number of nitrogens with one attached hydrogen (secondary N) is 1. The topological polar surface area (TPSA) is 58.1 Å². The van der Waals surface area contributed by atoms with Gasteiger partial charge in [0.2, 0.25) is 0 Å². The minimum Gasteiger partial charge on any atom is -0.338 e. The molecule has 1 aromatic heterocycles. The van der Waals surface area contributed by atoms with Crippen LogP contribution in [0.15, 0.2) is 55.0 Å². The van der Waals surface area contributed by atoms with Gasteiger partial charge in [0, 0.05) is 38.1 Å². The number of urea groups is 1. The van der Waals surface area contributed by atoms with Gasteiger partial charge < -0.3 is 10.2 Å². The lowest BCUT2D eigenvalue weighted by Gasteiger charge is -2.22. The smallest absolute Gasteiger partial charge is 0.317 e. The minimum atomic E-state index is -0.000831. The van der Waals surface area contributed by atoms with E-state index in [4.69, 9.17) is 0 Å². The lowest BCUT2D eigenvalue weighted by molar-refractivity contribution is 0.200. The van der Waals surface area contributed by atoms with Crippen molar-refractivity contribution in [1.29, 1.82) is 0 Å². The van der Waals surface area contributed by atoms with E-state index in [2.05, 4.69) is 39.6 Å². The van der Waals surface area contributed by atoms with E-state index in [-0.39, 0.29) is 12.1 Å². The molecule has 5 nitrogen and oxygen atoms in total. The molecule has 0 bridgehead atoms. The number of carbonyl (C=O) groups excluding carboxylic acids is 1. The average molecular weight is 322 g/mol. The number of nitrogens with zero attached hydrogens (tertiary/aromatic N) is 3. The summed E-state index contributed by atoms with van der Waals surface area (Å²) in [6, 6.07) is 10.3. The number of hydrogen-bond acceptors (Lipinski definition) is 3. The molecule has 1 fully saturated rings. The van der Waals surface area contributed by atoms with Crippen LogP contribution in [-0.4, -0.2) is 40.0 Å². The van der Waals surface area contributed by atoms with Crippen molar-refractivity contribution in [3.63, 3.8) is 0 Å². The van der Waals surface area contributed by atoms with Crippen LogP contribution in [0, 0.1) is 0 Å². The Morgan fingerprint density at radius 3 is 2.96 bits per heavy atom. The zero-order chi connectivity index (χ0) is 16.6. The van der Waals surface area contributed by atoms with E-state index < -0.39 is 0 Å². The second kappa shape index (κ2) is 8.24. The molecule has 1 N–H and O–H groups in total. The van der Waals surface area contributed by atoms with Crippen LogP contribution in [-0.2, 0) is 6.42 Å². The largest absolute Gasteiger partial charge is 0.338 e. The van der Waals surface area contributed by atoms with Crippen LogP contribution >= 0.6 is 0 Å². The number of likely N-dealkylation sites (tertiary alicyclic amines) is 1. The van der Waals surface area contributed by atoms with Crippen molar-refractivity contribution in [1.82, 2.24) is 20.2 Å². The molecular formula is C19H22N4O. The van der Waals surface area contributed by atoms with E-state index in [0.717, 1.165) is 30.6 Å². The van der Waals surface area contributed by atoms with Gasteiger partial charge in [-0.1, -0.05) is 42.5 Å². The van der Waals surface area contributed by atoms with Gasteiger partial charge in [-0.25, -0.2) is 4.79 Å². The molecule has 1 aliphatic heterocycles. The van der Waals surface area contributed by atoms with E-state index >= 15 is 0 Å². The van der Waals surface area contributed by atoms with Crippen molar-refractivity contribution >= 4 is 12.1 Å². The van der Waals surface area contributed by atoms with Gasteiger partial charge in [0.25, 0.3) is 0 Å². The fraction of sp³-hybridized carbons (Fsp3) is 0.316. The summed E-state index contributed by atoms with van der Waals surface area (Å²) >= 11 is 0. The SMILES string of the molecule is O=C(NCCc1cnccn1)N1CCCC1/C=C/c1ccccc1. The number of carbonyl (C=O) groups is 1. The quantitative estimate of drug-likeness (QED) is 0.921. The van der Waals surface area contributed by atoms with Crippen LogP contribution in [0.2, 0.25) is 0 Å². The molecule has 1 atom stereocenters. The number of hydrogen-bond donors (Lipinski definition) is 1. The van der Waals surface area contributed by atoms with Gasteiger partial charge in [0.05, 0.1) is 11.7 Å². The van der Waals surface area contributed by atoms with Crippen LogP contribution in [0.3, 0.4) is 0 Å². The summed E-state index contributed by atoms with van der Waals surface area (Å²) < 4.78 is 0. The van der Waals surface area contributed by atoms with E-state index in [0.29, 0.717) is 13.0 Å². The first kappa shape index (κ1) is 16.2. The van der Waals surface area contributed by atoms with Gasteiger partial charge in [-0.3, -0.25) is 9.97 Å². The van der Waals surface area contributed by atoms with Gasteiger partial charge in [0.1, 0.15) is 0 Å². The third-order valence-electron chi connectivity index (χ3n) is 4.14. The third kappa shape index (κ3) is 4.41. The lowest BCUT2D eigenvalue weighted by atomic mass is 10.1. The number of aromatic nitrogens is 2. The second-order valence-electron chi connectivity index (χ2n) is 5.85. The molecular weight excluding hydrogens is 300 g/mol. The molecule has 2 aromatic rings. The van der Waals surface area contributed by atoms with Gasteiger partial charge in [0.15, 0.2) is 0 Å². The number of rotatable bonds is 5. The van der Waals surface area contributed by atoms with Crippen molar-refractivity contribution < 1.29 is 4.79 Å². The van der Waals surface area contributed by atoms with E-state index in [1.807, 2.05) is 23.1 Å². The Kier molecular flexibility index (Phi) is 5.56. The molecule has 0 saturated carbocycles. The first-order valence-corrected chi connectivity index (χ1v) is 8.35. The third-order valence-corrected chi connectivity index (χ3v) is 4.14. The van der Waals surface area contributed by atoms with E-state index in [1.54, 1.807) is 18.6 Å². The zero-order valence-electron chi connectivity index (χ0n) is 13.6. The molecule has 1 saturated heterocycles. The Bertz CT molecular complexity index is 672. The van der Waals surface area contributed by atoms with Crippen molar-refractivity contribution in [2.75, 3.05) is 13.1 Å². The standard InChI is InChI=1S/C19H22N4O/c24-19(22-11-10-17-15-20-12-13-21-17)23-14-4-7-18(23)9-8-16-5-2-1-3-6-16/h1-3,5-6,8-9,12-13,15,18H,4,7,10-11,14H2,(H,22,24)/b9-8+. The zero-order valence-corrected chi connectivity index (χ0v) is 13.6. The molecule has 0 aliphatic carbocycles. The molecule has 1 aromatic carbocycles. The fourth-order valence-corrected chi connectivity index (χ4v) is 2.89. The maximum Gasteiger partial charge on any atom is 0.317 e. The van der Waals surface area contributed by atoms with Gasteiger partial charge >= 0.3 is 6.03 Å². The summed E-state index contributed by atoms with van der Waals surface area (Å²) in [5, 5.41) is 2.99. The van der Waals surface area contributed by atoms with Gasteiger partial charge in [-0.05, 0) is 18.4 Å². The summed E-state index contributed by atoms with van der Waals surface area (Å²) in [6.07, 6.45) is 12.0. The van der Waals surface area contributed by atoms with Gasteiger partial charge in [-0.2, -0.15) is 0 Å². The molecule has 1 aliphatic rings. The number of amides is 2. The lowest BCUT2D eigenvalue weighted by Crippen LogP contribution is -2.42. The van der Waals surface area contributed by atoms with E-state index in [9.17, 15) is 4.79 Å². The fourth-order valence-electron chi connectivity index (χ4n) is 2.89. The Morgan fingerprint density at radius 1 is 1.29 bits per heavy atom. The molecule has 2 amide bonds. The summed E-state index contributed by atoms with van der Waals surface area (Å²) in [7, 11) is 0. The van der Waals surface area contributed by atoms with Crippen LogP contribution in [0.5, 0.6) is 0 Å². The van der Waals surface area contributed by atoms with Crippen LogP contribution in [0.25, 0.3) is 6.08 Å². The van der Waals surface area contributed by atoms with Crippen molar-refractivity contribution in [2.45, 2.75) is 25.3 Å². The second-order valence-corrected chi connectivity index (χ2v) is 5.85. The molecule has 0 spiro atoms. The van der Waals surface area contributed by atoms with Crippen molar-refractivity contribution in [3.8, 4) is 0 Å². The first-order chi connectivity index (χ1) is 11.8. The maximum atomic E-state index is 12.4. The van der Waals surface area contributed by atoms with Crippen LogP contribution in [0.4, 0.5) is 4.79 Å². The summed E-state index contributed by atoms with van der Waals surface area (Å²) in [4.78, 5) is 22.6. The highest BCUT2D eigenvalue weighted by atomic mass is 16.2. The van der Waals surface area contributed by atoms with Crippen molar-refractivity contribution in [2.24, 2.45) is 0 Å². The number of benzene rings is 1. The Labute approximate surface area is 142 Å². The average Bonchev–Trinajstić information content (AvgIpc) is 3.10. The van der Waals surface area contributed by atoms with E-state index in [1.165, 1.54) is 0 Å². The summed E-state index contributed by atoms with van der Waals surface area (Å²) in [5.41, 5.74) is 2.05. The van der Waals surface area contributed by atoms with Crippen LogP contribution < -0.4 is 5.32 Å². The van der Waals surface area contributed by atoms with Crippen LogP contribution in [0.1, 0.15) is 24.1 Å². The molecule has 2 heterocycles. The molecule has 3 rings (SSSR count). The summed E-state index contributed by atoms with van der Waals surface area (Å²) in [6.45, 7) is 1.38. The highest BCUT2D eigenvalue weighted by Crippen LogP contribution is 2.19. The van der Waals surface area contributed by atoms with Gasteiger partial charge in [-0.15, -0.1) is 0 Å². The van der Waals surface area contributed by atoms with Crippen molar-refractivity contribution in [3.05, 3.63) is 66.3 Å². The maximum absolute atomic E-state index is 12.4. The predicted molar refractivity (Wildman–Crippen MR) is 94.3 cm³/mol. The molecule has 1 unspecified atom stereocenters. The predicted octanol–water partition coefficient (Wildman–Crippen LogP) is 2.91. The first-order valence-electron chi connectivity index (χ1n) is 8.35. The monoisotopic (exact) mass is 322 g/mol. The summed E-state index contributed by atoms with van der Waals surface area (Å²) in [5.74, 6) is 0. The highest BCUT2D eigenvalue weighted by molar-refractivity contribution is 5.75. The molecule has 0 radical (unpaired) electrons.